The monoisotopic (exact) mass is 1790 g/mol. The number of nitrogen functional groups attached to an aromatic ring is 2. The zero-order valence-corrected chi connectivity index (χ0v) is 76.4. The molecular formula is C91H138N16O21. The number of carbonyl (C=O) groups is 7. The number of fused-ring (bicyclic) bond motifs is 5. The summed E-state index contributed by atoms with van der Waals surface area (Å²) in [6.07, 6.45) is 16.4. The summed E-state index contributed by atoms with van der Waals surface area (Å²) in [5, 5.41) is 63.0. The number of aliphatic hydroxyl groups excluding tert-OH is 2. The standard InChI is InChI=1S/C91H138N16O21/c1-57-20-13-12-14-21-58(2)73(118-10)53-66-28-25-62(6)91(117,127-66)84(114)87(115)105-36-17-15-23-71(105)88(116)125-74(54-68(103-128-90(7,8)9)59(3)49-61(5)82(112)83(113)81(111)60(4)48-57)67(92)50-63-26-29-70(75(51-63)119-11)107-55-65(101-104-107)22-19-24-76(108)96-34-40-123-45-47-124-46-43-121-39-32-78(110)97-35-41-122-44-42-120-38-31-77(109)95-33-16-18-37-106-86-79(85(93)98-56-99-86)80(102-106)64-27-30-72-69(52-64)100-89(94)126-72/h12-14,20-21,27,30,49,52,55-57,59-60,62-63,66-67,70-71,73-75,82-83,112-113,117H,15-19,22-26,28-29,31-48,50-51,53-54,92H2,1-11H3,(H2,94,100)(H,95,109)(H,96,108)(H,97,110)(H2,93,98,99)/b14-12?,20-13+,58-21?,61-49+,103-68-/t57-,59-,60-,62-,63+,66+,67-,70+,71+,73+,74+,75-,82-,83+,91-/m1/s1. The van der Waals surface area contributed by atoms with Gasteiger partial charge in [0, 0.05) is 115 Å². The Morgan fingerprint density at radius 2 is 1.43 bits per heavy atom. The zero-order valence-electron chi connectivity index (χ0n) is 76.4. The molecule has 12 N–H and O–H groups in total. The van der Waals surface area contributed by atoms with Gasteiger partial charge in [0.1, 0.15) is 53.3 Å². The van der Waals surface area contributed by atoms with Crippen molar-refractivity contribution in [3.8, 4) is 11.3 Å². The van der Waals surface area contributed by atoms with Gasteiger partial charge in [-0.15, -0.1) is 5.10 Å². The first-order valence-corrected chi connectivity index (χ1v) is 45.2. The van der Waals surface area contributed by atoms with E-state index < -0.39 is 95.2 Å². The molecule has 9 rings (SSSR count). The Kier molecular flexibility index (Phi) is 41.0. The number of Topliss-reactive ketones (excluding diaryl/α,β-unsaturated/α-hetero) is 2. The lowest BCUT2D eigenvalue weighted by molar-refractivity contribution is -0.265. The van der Waals surface area contributed by atoms with Crippen LogP contribution in [-0.4, -0.2) is 273 Å². The fourth-order valence-corrected chi connectivity index (χ4v) is 16.4. The van der Waals surface area contributed by atoms with Crippen LogP contribution in [0, 0.1) is 29.6 Å². The second kappa shape index (κ2) is 51.3. The van der Waals surface area contributed by atoms with Crippen LogP contribution in [-0.2, 0) is 94.0 Å². The van der Waals surface area contributed by atoms with Gasteiger partial charge in [0.15, 0.2) is 17.0 Å². The van der Waals surface area contributed by atoms with Crippen LogP contribution in [0.5, 0.6) is 0 Å². The van der Waals surface area contributed by atoms with Crippen LogP contribution in [0.4, 0.5) is 11.8 Å². The number of ether oxygens (including phenoxy) is 9. The molecule has 2 bridgehead atoms. The smallest absolute Gasteiger partial charge is 0.329 e. The number of oxazole rings is 1. The van der Waals surface area contributed by atoms with Crippen molar-refractivity contribution >= 4 is 80.8 Å². The van der Waals surface area contributed by atoms with E-state index in [0.29, 0.717) is 201 Å². The second-order valence-corrected chi connectivity index (χ2v) is 35.0. The Hall–Kier alpha value is -9.38. The highest BCUT2D eigenvalue weighted by molar-refractivity contribution is 6.39. The third-order valence-electron chi connectivity index (χ3n) is 23.7. The first-order valence-electron chi connectivity index (χ1n) is 45.2. The highest BCUT2D eigenvalue weighted by Gasteiger charge is 2.53. The summed E-state index contributed by atoms with van der Waals surface area (Å²) < 4.78 is 61.8. The number of aliphatic hydroxyl groups is 3. The van der Waals surface area contributed by atoms with Gasteiger partial charge >= 0.3 is 5.97 Å². The maximum absolute atomic E-state index is 15.1. The number of anilines is 2. The van der Waals surface area contributed by atoms with Gasteiger partial charge in [-0.1, -0.05) is 74.5 Å². The summed E-state index contributed by atoms with van der Waals surface area (Å²) in [6, 6.07) is 3.25. The number of piperidine rings is 1. The summed E-state index contributed by atoms with van der Waals surface area (Å²) in [6.45, 7) is 20.7. The van der Waals surface area contributed by atoms with E-state index in [1.807, 2.05) is 88.0 Å². The average Bonchev–Trinajstić information content (AvgIpc) is 1.49. The summed E-state index contributed by atoms with van der Waals surface area (Å²) in [7, 11) is 3.20. The van der Waals surface area contributed by atoms with E-state index >= 15 is 4.79 Å². The normalized spacial score (nSPS) is 26.1. The van der Waals surface area contributed by atoms with Gasteiger partial charge in [-0.25, -0.2) is 24.1 Å². The van der Waals surface area contributed by atoms with Gasteiger partial charge in [-0.3, -0.25) is 28.8 Å². The van der Waals surface area contributed by atoms with E-state index in [1.165, 1.54) is 11.2 Å². The van der Waals surface area contributed by atoms with Gasteiger partial charge in [0.2, 0.25) is 23.5 Å². The van der Waals surface area contributed by atoms with Crippen molar-refractivity contribution in [1.82, 2.24) is 60.6 Å². The van der Waals surface area contributed by atoms with Crippen LogP contribution in [0.1, 0.15) is 190 Å². The molecule has 15 atom stereocenters. The Labute approximate surface area is 749 Å². The van der Waals surface area contributed by atoms with Gasteiger partial charge in [0.25, 0.3) is 17.7 Å². The molecule has 1 aliphatic carbocycles. The Morgan fingerprint density at radius 1 is 0.750 bits per heavy atom. The van der Waals surface area contributed by atoms with Crippen LogP contribution in [0.3, 0.4) is 0 Å². The third kappa shape index (κ3) is 31.2. The number of hydrogen-bond donors (Lipinski definition) is 9. The maximum Gasteiger partial charge on any atom is 0.329 e. The fourth-order valence-electron chi connectivity index (χ4n) is 16.4. The molecule has 5 aromatic rings. The zero-order chi connectivity index (χ0) is 92.5. The molecule has 7 heterocycles. The summed E-state index contributed by atoms with van der Waals surface area (Å²) in [5.74, 6) is -8.34. The number of carbonyl (C=O) groups excluding carboxylic acids is 7. The number of aromatic nitrogens is 8. The number of nitrogens with two attached hydrogens (primary N) is 3. The summed E-state index contributed by atoms with van der Waals surface area (Å²) >= 11 is 0. The van der Waals surface area contributed by atoms with Crippen LogP contribution >= 0.6 is 0 Å². The van der Waals surface area contributed by atoms with Crippen molar-refractivity contribution in [1.29, 1.82) is 0 Å². The number of esters is 1. The van der Waals surface area contributed by atoms with Crippen LogP contribution in [0.2, 0.25) is 0 Å². The number of rotatable bonds is 38. The first kappa shape index (κ1) is 102. The number of amides is 4. The van der Waals surface area contributed by atoms with Gasteiger partial charge in [0.05, 0.1) is 107 Å². The number of aryl methyl sites for hydroxylation is 2. The summed E-state index contributed by atoms with van der Waals surface area (Å²) in [4.78, 5) is 116. The Bertz CT molecular complexity index is 4560. The maximum atomic E-state index is 15.1. The van der Waals surface area contributed by atoms with E-state index in [2.05, 4.69) is 46.4 Å². The molecule has 0 unspecified atom stereocenters. The molecule has 37 nitrogen and oxygen atoms in total. The lowest BCUT2D eigenvalue weighted by atomic mass is 9.79. The van der Waals surface area contributed by atoms with Crippen LogP contribution < -0.4 is 33.2 Å². The van der Waals surface area contributed by atoms with Crippen molar-refractivity contribution in [2.45, 2.75) is 257 Å². The van der Waals surface area contributed by atoms with E-state index in [4.69, 9.17) is 74.2 Å². The van der Waals surface area contributed by atoms with E-state index in [-0.39, 0.29) is 112 Å². The van der Waals surface area contributed by atoms with Crippen molar-refractivity contribution in [3.63, 3.8) is 0 Å². The highest BCUT2D eigenvalue weighted by atomic mass is 16.7. The number of hydrogen-bond acceptors (Lipinski definition) is 31. The van der Waals surface area contributed by atoms with Crippen LogP contribution in [0.15, 0.2) is 87.9 Å². The van der Waals surface area contributed by atoms with Crippen molar-refractivity contribution in [3.05, 3.63) is 84.0 Å². The Balaban J connectivity index is 0.650. The minimum atomic E-state index is -2.50. The lowest BCUT2D eigenvalue weighted by Gasteiger charge is -2.42. The molecule has 1 saturated carbocycles. The number of ketones is 2. The molecule has 128 heavy (non-hydrogen) atoms. The molecule has 4 aromatic heterocycles. The van der Waals surface area contributed by atoms with E-state index in [1.54, 1.807) is 58.7 Å². The molecule has 4 amide bonds. The van der Waals surface area contributed by atoms with Crippen molar-refractivity contribution < 1.29 is 101 Å². The SMILES string of the molecule is CO[C@H]1C[C@@H]2CC[C@@H](C)[C@@](O)(O2)C(=O)C(=O)N2CCCC[C@H]2C(=O)O[C@H]([C@H](N)C[C@@H]2CC[C@H](n3cc(CCCC(=O)NCCOCCOCCOCCC(=O)NCCOCCOCCC(=O)NCCCCn4nc(-c5ccc6oc(N)nc6c5)c5c(N)ncnc54)nn3)[C@H](OC)C2)C/C(=N/OC(C)(C)C)[C@H](C)/C=C(\C)[C@@H](O)[C@@H](O)C(=O)[C@H](C)C[C@H](C)/C=C/C=CC=C1C. The number of nitrogens with zero attached hydrogens (tertiary/aromatic N) is 10. The predicted octanol–water partition coefficient (Wildman–Crippen LogP) is 7.42. The minimum Gasteiger partial charge on any atom is -0.459 e. The molecule has 708 valence electrons. The predicted molar refractivity (Wildman–Crippen MR) is 477 cm³/mol. The van der Waals surface area contributed by atoms with Crippen LogP contribution in [0.25, 0.3) is 33.4 Å². The number of methoxy groups -OCH3 is 2. The fraction of sp³-hybridized carbons (Fsp3) is 0.670. The topological polar surface area (TPSA) is 503 Å². The second-order valence-electron chi connectivity index (χ2n) is 35.0. The quantitative estimate of drug-likeness (QED) is 0.00610. The first-order chi connectivity index (χ1) is 61.3. The number of allylic oxidation sites excluding steroid dienone is 6. The van der Waals surface area contributed by atoms with Gasteiger partial charge in [-0.05, 0) is 166 Å². The molecule has 3 aliphatic heterocycles. The molecule has 37 heteroatoms. The highest BCUT2D eigenvalue weighted by Crippen LogP contribution is 2.40. The van der Waals surface area contributed by atoms with Crippen molar-refractivity contribution in [2.75, 3.05) is 118 Å². The number of oxime groups is 1. The number of cyclic esters (lactones) is 1. The summed E-state index contributed by atoms with van der Waals surface area (Å²) in [5.41, 5.74) is 23.9. The molecule has 4 aliphatic rings. The van der Waals surface area contributed by atoms with E-state index in [0.717, 1.165) is 17.6 Å². The average molecular weight is 1790 g/mol. The largest absolute Gasteiger partial charge is 0.459 e. The number of benzene rings is 1. The lowest BCUT2D eigenvalue weighted by Crippen LogP contribution is -2.61. The van der Waals surface area contributed by atoms with Crippen molar-refractivity contribution in [2.24, 2.45) is 40.5 Å². The Morgan fingerprint density at radius 3 is 2.12 bits per heavy atom. The molecule has 0 spiro atoms. The molecule has 2 saturated heterocycles. The number of nitrogens with one attached hydrogen (secondary N) is 3. The van der Waals surface area contributed by atoms with Gasteiger partial charge < -0.3 is 105 Å². The van der Waals surface area contributed by atoms with E-state index in [9.17, 15) is 44.1 Å². The van der Waals surface area contributed by atoms with Gasteiger partial charge in [-0.2, -0.15) is 10.1 Å². The number of unbranched alkanes of at least 4 members (excludes halogenated alkanes) is 1. The molecular weight excluding hydrogens is 1650 g/mol. The third-order valence-corrected chi connectivity index (χ3v) is 23.7. The molecule has 3 fully saturated rings. The minimum absolute atomic E-state index is 0.0288. The molecule has 1 aromatic carbocycles. The molecule has 0 radical (unpaired) electrons.